The van der Waals surface area contributed by atoms with Gasteiger partial charge in [0, 0.05) is 25.7 Å². The van der Waals surface area contributed by atoms with E-state index in [0.717, 1.165) is 6.26 Å². The summed E-state index contributed by atoms with van der Waals surface area (Å²) in [5.41, 5.74) is 0.597. The maximum absolute atomic E-state index is 11.3. The lowest BCUT2D eigenvalue weighted by Crippen LogP contribution is -2.52. The molecule has 114 valence electrons. The van der Waals surface area contributed by atoms with Crippen molar-refractivity contribution < 1.29 is 8.42 Å². The Bertz CT molecular complexity index is 536. The SMILES string of the molecule is CN=C(NCc1ccsc1)NCC(C)(C)NS(C)(=O)=O. The molecule has 0 atom stereocenters. The predicted molar refractivity (Wildman–Crippen MR) is 84.6 cm³/mol. The van der Waals surface area contributed by atoms with Crippen molar-refractivity contribution in [2.24, 2.45) is 4.99 Å². The average molecular weight is 318 g/mol. The first-order valence-corrected chi connectivity index (χ1v) is 9.00. The molecule has 0 spiro atoms. The molecule has 1 aromatic rings. The topological polar surface area (TPSA) is 82.6 Å². The van der Waals surface area contributed by atoms with Gasteiger partial charge in [-0.2, -0.15) is 11.3 Å². The molecule has 0 unspecified atom stereocenters. The van der Waals surface area contributed by atoms with Crippen LogP contribution in [0.4, 0.5) is 0 Å². The third-order valence-electron chi connectivity index (χ3n) is 2.42. The van der Waals surface area contributed by atoms with Crippen molar-refractivity contribution in [1.29, 1.82) is 0 Å². The van der Waals surface area contributed by atoms with Gasteiger partial charge in [-0.3, -0.25) is 4.99 Å². The van der Waals surface area contributed by atoms with Gasteiger partial charge < -0.3 is 10.6 Å². The highest BCUT2D eigenvalue weighted by molar-refractivity contribution is 7.88. The van der Waals surface area contributed by atoms with Crippen molar-refractivity contribution in [3.63, 3.8) is 0 Å². The molecule has 0 saturated carbocycles. The largest absolute Gasteiger partial charge is 0.355 e. The molecule has 0 amide bonds. The van der Waals surface area contributed by atoms with Gasteiger partial charge in [0.05, 0.1) is 6.26 Å². The van der Waals surface area contributed by atoms with E-state index in [4.69, 9.17) is 0 Å². The van der Waals surface area contributed by atoms with Crippen LogP contribution in [-0.2, 0) is 16.6 Å². The summed E-state index contributed by atoms with van der Waals surface area (Å²) in [7, 11) is -1.55. The summed E-state index contributed by atoms with van der Waals surface area (Å²) in [4.78, 5) is 4.11. The van der Waals surface area contributed by atoms with Crippen LogP contribution < -0.4 is 15.4 Å². The van der Waals surface area contributed by atoms with Crippen molar-refractivity contribution in [3.05, 3.63) is 22.4 Å². The molecule has 8 heteroatoms. The Kier molecular flexibility index (Phi) is 5.97. The zero-order valence-corrected chi connectivity index (χ0v) is 13.9. The summed E-state index contributed by atoms with van der Waals surface area (Å²) in [6, 6.07) is 2.04. The van der Waals surface area contributed by atoms with Crippen LogP contribution >= 0.6 is 11.3 Å². The highest BCUT2D eigenvalue weighted by atomic mass is 32.2. The molecule has 0 bridgehead atoms. The summed E-state index contributed by atoms with van der Waals surface area (Å²) < 4.78 is 25.1. The Morgan fingerprint density at radius 3 is 2.60 bits per heavy atom. The molecular weight excluding hydrogens is 296 g/mol. The summed E-state index contributed by atoms with van der Waals surface area (Å²) in [5, 5.41) is 10.4. The van der Waals surface area contributed by atoms with Crippen LogP contribution in [-0.4, -0.2) is 39.8 Å². The van der Waals surface area contributed by atoms with Gasteiger partial charge >= 0.3 is 0 Å². The first kappa shape index (κ1) is 16.9. The Morgan fingerprint density at radius 1 is 1.40 bits per heavy atom. The minimum absolute atomic E-state index is 0.434. The molecule has 6 nitrogen and oxygen atoms in total. The van der Waals surface area contributed by atoms with Crippen LogP contribution in [0, 0.1) is 0 Å². The molecule has 1 heterocycles. The van der Waals surface area contributed by atoms with Crippen LogP contribution in [0.2, 0.25) is 0 Å². The summed E-state index contributed by atoms with van der Waals surface area (Å²) >= 11 is 1.65. The van der Waals surface area contributed by atoms with Gasteiger partial charge in [-0.1, -0.05) is 0 Å². The van der Waals surface area contributed by atoms with Crippen LogP contribution in [0.25, 0.3) is 0 Å². The zero-order valence-electron chi connectivity index (χ0n) is 12.2. The maximum Gasteiger partial charge on any atom is 0.209 e. The van der Waals surface area contributed by atoms with Gasteiger partial charge in [0.2, 0.25) is 10.0 Å². The number of nitrogens with zero attached hydrogens (tertiary/aromatic N) is 1. The molecular formula is C12H22N4O2S2. The lowest BCUT2D eigenvalue weighted by atomic mass is 10.1. The van der Waals surface area contributed by atoms with Crippen molar-refractivity contribution >= 4 is 27.3 Å². The Labute approximate surface area is 124 Å². The molecule has 20 heavy (non-hydrogen) atoms. The fourth-order valence-electron chi connectivity index (χ4n) is 1.64. The number of rotatable bonds is 6. The lowest BCUT2D eigenvalue weighted by molar-refractivity contribution is 0.446. The maximum atomic E-state index is 11.3. The second-order valence-corrected chi connectivity index (χ2v) is 7.70. The van der Waals surface area contributed by atoms with E-state index in [9.17, 15) is 8.42 Å². The summed E-state index contributed by atoms with van der Waals surface area (Å²) in [6.07, 6.45) is 1.15. The fourth-order valence-corrected chi connectivity index (χ4v) is 3.39. The van der Waals surface area contributed by atoms with Crippen LogP contribution in [0.5, 0.6) is 0 Å². The normalized spacial score (nSPS) is 13.3. The van der Waals surface area contributed by atoms with E-state index in [1.54, 1.807) is 18.4 Å². The molecule has 0 fully saturated rings. The van der Waals surface area contributed by atoms with E-state index in [-0.39, 0.29) is 0 Å². The first-order valence-electron chi connectivity index (χ1n) is 6.16. The second-order valence-electron chi connectivity index (χ2n) is 5.17. The van der Waals surface area contributed by atoms with Crippen molar-refractivity contribution in [3.8, 4) is 0 Å². The molecule has 0 saturated heterocycles. The number of aliphatic imine (C=N–C) groups is 1. The quantitative estimate of drug-likeness (QED) is 0.534. The van der Waals surface area contributed by atoms with Crippen LogP contribution in [0.3, 0.4) is 0 Å². The smallest absolute Gasteiger partial charge is 0.209 e. The van der Waals surface area contributed by atoms with Gasteiger partial charge in [-0.15, -0.1) is 0 Å². The molecule has 3 N–H and O–H groups in total. The summed E-state index contributed by atoms with van der Waals surface area (Å²) in [5.74, 6) is 0.638. The molecule has 1 aromatic heterocycles. The predicted octanol–water partition coefficient (Wildman–Crippen LogP) is 0.741. The van der Waals surface area contributed by atoms with E-state index >= 15 is 0 Å². The number of nitrogens with one attached hydrogen (secondary N) is 3. The monoisotopic (exact) mass is 318 g/mol. The average Bonchev–Trinajstić information content (AvgIpc) is 2.79. The van der Waals surface area contributed by atoms with Crippen molar-refractivity contribution in [2.45, 2.75) is 25.9 Å². The Balaban J connectivity index is 2.45. The van der Waals surface area contributed by atoms with Gasteiger partial charge in [-0.25, -0.2) is 13.1 Å². The molecule has 0 radical (unpaired) electrons. The molecule has 0 aliphatic heterocycles. The molecule has 0 aliphatic rings. The Hall–Kier alpha value is -1.12. The molecule has 0 aliphatic carbocycles. The number of thiophene rings is 1. The third kappa shape index (κ3) is 6.88. The number of sulfonamides is 1. The summed E-state index contributed by atoms with van der Waals surface area (Å²) in [6.45, 7) is 4.74. The van der Waals surface area contributed by atoms with E-state index in [1.807, 2.05) is 25.3 Å². The standard InChI is InChI=1S/C12H22N4O2S2/c1-12(2,16-20(4,17)18)9-15-11(13-3)14-7-10-5-6-19-8-10/h5-6,8,16H,7,9H2,1-4H3,(H2,13,14,15). The highest BCUT2D eigenvalue weighted by Gasteiger charge is 2.22. The van der Waals surface area contributed by atoms with Crippen molar-refractivity contribution in [2.75, 3.05) is 19.8 Å². The number of hydrogen-bond acceptors (Lipinski definition) is 4. The number of hydrogen-bond donors (Lipinski definition) is 3. The van der Waals surface area contributed by atoms with Gasteiger partial charge in [0.25, 0.3) is 0 Å². The fraction of sp³-hybridized carbons (Fsp3) is 0.583. The van der Waals surface area contributed by atoms with Crippen molar-refractivity contribution in [1.82, 2.24) is 15.4 Å². The lowest BCUT2D eigenvalue weighted by Gasteiger charge is -2.26. The zero-order chi connectivity index (χ0) is 15.2. The molecule has 0 aromatic carbocycles. The minimum atomic E-state index is -3.23. The van der Waals surface area contributed by atoms with Gasteiger partial charge in [0.1, 0.15) is 0 Å². The van der Waals surface area contributed by atoms with E-state index in [2.05, 4.69) is 25.7 Å². The number of guanidine groups is 1. The van der Waals surface area contributed by atoms with Crippen LogP contribution in [0.15, 0.2) is 21.8 Å². The second kappa shape index (κ2) is 7.05. The van der Waals surface area contributed by atoms with E-state index in [1.165, 1.54) is 5.56 Å². The Morgan fingerprint density at radius 2 is 2.10 bits per heavy atom. The first-order chi connectivity index (χ1) is 9.22. The highest BCUT2D eigenvalue weighted by Crippen LogP contribution is 2.05. The minimum Gasteiger partial charge on any atom is -0.355 e. The molecule has 1 rings (SSSR count). The van der Waals surface area contributed by atoms with Gasteiger partial charge in [-0.05, 0) is 36.2 Å². The van der Waals surface area contributed by atoms with Gasteiger partial charge in [0.15, 0.2) is 5.96 Å². The van der Waals surface area contributed by atoms with E-state index < -0.39 is 15.6 Å². The van der Waals surface area contributed by atoms with Crippen LogP contribution in [0.1, 0.15) is 19.4 Å². The van der Waals surface area contributed by atoms with E-state index in [0.29, 0.717) is 19.0 Å². The third-order valence-corrected chi connectivity index (χ3v) is 4.08.